The summed E-state index contributed by atoms with van der Waals surface area (Å²) >= 11 is 0. The van der Waals surface area contributed by atoms with E-state index in [1.807, 2.05) is 11.0 Å². The molecule has 8 heteroatoms. The Hall–Kier alpha value is -2.87. The van der Waals surface area contributed by atoms with Crippen LogP contribution in [0.2, 0.25) is 0 Å². The molecule has 2 saturated heterocycles. The number of amides is 1. The predicted molar refractivity (Wildman–Crippen MR) is 113 cm³/mol. The fourth-order valence-electron chi connectivity index (χ4n) is 4.68. The molecule has 3 aromatic heterocycles. The van der Waals surface area contributed by atoms with Gasteiger partial charge in [-0.2, -0.15) is 0 Å². The van der Waals surface area contributed by atoms with Crippen molar-refractivity contribution in [2.45, 2.75) is 32.1 Å². The molecule has 1 amide bonds. The average Bonchev–Trinajstić information content (AvgIpc) is 3.22. The molecule has 162 valence electrons. The fraction of sp³-hybridized carbons (Fsp3) is 0.478. The van der Waals surface area contributed by atoms with E-state index in [9.17, 15) is 9.18 Å². The van der Waals surface area contributed by atoms with E-state index >= 15 is 0 Å². The average molecular weight is 423 g/mol. The summed E-state index contributed by atoms with van der Waals surface area (Å²) in [5.74, 6) is 0.957. The molecule has 2 fully saturated rings. The zero-order valence-electron chi connectivity index (χ0n) is 17.4. The Morgan fingerprint density at radius 1 is 1.16 bits per heavy atom. The van der Waals surface area contributed by atoms with Crippen LogP contribution in [0.1, 0.15) is 31.4 Å². The SMILES string of the molecule is O=C(C1CCOCC1)N1CCC[C@@H](Cc2ccnc(-c3cnc4ccc(F)cn34)n2)C1. The molecule has 0 bridgehead atoms. The minimum Gasteiger partial charge on any atom is -0.381 e. The Morgan fingerprint density at radius 3 is 2.90 bits per heavy atom. The van der Waals surface area contributed by atoms with Crippen molar-refractivity contribution in [2.24, 2.45) is 11.8 Å². The molecule has 3 aromatic rings. The number of nitrogens with zero attached hydrogens (tertiary/aromatic N) is 5. The van der Waals surface area contributed by atoms with Crippen LogP contribution in [0.5, 0.6) is 0 Å². The number of rotatable bonds is 4. The Balaban J connectivity index is 1.30. The first kappa shape index (κ1) is 20.1. The van der Waals surface area contributed by atoms with Crippen LogP contribution >= 0.6 is 0 Å². The van der Waals surface area contributed by atoms with Crippen molar-refractivity contribution in [3.63, 3.8) is 0 Å². The Bertz CT molecular complexity index is 1080. The van der Waals surface area contributed by atoms with Crippen LogP contribution in [0.25, 0.3) is 17.2 Å². The van der Waals surface area contributed by atoms with Crippen molar-refractivity contribution in [1.29, 1.82) is 0 Å². The molecule has 0 aromatic carbocycles. The number of carbonyl (C=O) groups is 1. The van der Waals surface area contributed by atoms with E-state index in [1.54, 1.807) is 22.9 Å². The van der Waals surface area contributed by atoms with Crippen molar-refractivity contribution in [3.05, 3.63) is 48.3 Å². The monoisotopic (exact) mass is 423 g/mol. The number of hydrogen-bond donors (Lipinski definition) is 0. The molecule has 31 heavy (non-hydrogen) atoms. The summed E-state index contributed by atoms with van der Waals surface area (Å²) in [6.45, 7) is 2.99. The third kappa shape index (κ3) is 4.30. The molecule has 0 unspecified atom stereocenters. The van der Waals surface area contributed by atoms with Crippen molar-refractivity contribution in [2.75, 3.05) is 26.3 Å². The van der Waals surface area contributed by atoms with Gasteiger partial charge in [-0.05, 0) is 56.2 Å². The lowest BCUT2D eigenvalue weighted by Gasteiger charge is -2.35. The number of aromatic nitrogens is 4. The molecule has 0 radical (unpaired) electrons. The topological polar surface area (TPSA) is 72.6 Å². The quantitative estimate of drug-likeness (QED) is 0.645. The van der Waals surface area contributed by atoms with Crippen molar-refractivity contribution in [1.82, 2.24) is 24.3 Å². The number of hydrogen-bond acceptors (Lipinski definition) is 5. The van der Waals surface area contributed by atoms with E-state index in [0.717, 1.165) is 50.9 Å². The van der Waals surface area contributed by atoms with Gasteiger partial charge in [0.15, 0.2) is 5.82 Å². The second kappa shape index (κ2) is 8.70. The van der Waals surface area contributed by atoms with E-state index in [-0.39, 0.29) is 17.6 Å². The van der Waals surface area contributed by atoms with Crippen LogP contribution < -0.4 is 0 Å². The highest BCUT2D eigenvalue weighted by molar-refractivity contribution is 5.79. The number of halogens is 1. The first-order valence-electron chi connectivity index (χ1n) is 11.0. The normalized spacial score (nSPS) is 20.3. The molecule has 1 atom stereocenters. The minimum absolute atomic E-state index is 0.105. The number of fused-ring (bicyclic) bond motifs is 1. The zero-order chi connectivity index (χ0) is 21.2. The fourth-order valence-corrected chi connectivity index (χ4v) is 4.68. The first-order chi connectivity index (χ1) is 15.2. The molecule has 5 heterocycles. The largest absolute Gasteiger partial charge is 0.381 e. The number of ether oxygens (including phenoxy) is 1. The second-order valence-corrected chi connectivity index (χ2v) is 8.47. The van der Waals surface area contributed by atoms with Gasteiger partial charge in [0.05, 0.1) is 6.20 Å². The number of pyridine rings is 1. The summed E-state index contributed by atoms with van der Waals surface area (Å²) in [5, 5.41) is 0. The lowest BCUT2D eigenvalue weighted by atomic mass is 9.91. The number of carbonyl (C=O) groups excluding carboxylic acids is 1. The van der Waals surface area contributed by atoms with Crippen LogP contribution in [0, 0.1) is 17.7 Å². The van der Waals surface area contributed by atoms with Gasteiger partial charge >= 0.3 is 0 Å². The van der Waals surface area contributed by atoms with E-state index < -0.39 is 0 Å². The summed E-state index contributed by atoms with van der Waals surface area (Å²) in [6, 6.07) is 4.95. The number of piperidine rings is 1. The summed E-state index contributed by atoms with van der Waals surface area (Å²) in [6.07, 6.45) is 9.35. The third-order valence-corrected chi connectivity index (χ3v) is 6.31. The van der Waals surface area contributed by atoms with E-state index in [1.165, 1.54) is 12.3 Å². The maximum absolute atomic E-state index is 13.7. The molecule has 2 aliphatic heterocycles. The molecule has 0 spiro atoms. The summed E-state index contributed by atoms with van der Waals surface area (Å²) < 4.78 is 20.8. The second-order valence-electron chi connectivity index (χ2n) is 8.47. The molecule has 0 saturated carbocycles. The van der Waals surface area contributed by atoms with Gasteiger partial charge in [-0.25, -0.2) is 19.3 Å². The van der Waals surface area contributed by atoms with Gasteiger partial charge in [0.2, 0.25) is 5.91 Å². The lowest BCUT2D eigenvalue weighted by molar-refractivity contribution is -0.140. The third-order valence-electron chi connectivity index (χ3n) is 6.31. The molecule has 7 nitrogen and oxygen atoms in total. The summed E-state index contributed by atoms with van der Waals surface area (Å²) in [5.41, 5.74) is 2.25. The van der Waals surface area contributed by atoms with Gasteiger partial charge in [-0.15, -0.1) is 0 Å². The Kier molecular flexibility index (Phi) is 5.63. The van der Waals surface area contributed by atoms with Crippen LogP contribution in [-0.4, -0.2) is 56.5 Å². The van der Waals surface area contributed by atoms with Crippen LogP contribution in [0.4, 0.5) is 4.39 Å². The molecular formula is C23H26FN5O2. The predicted octanol–water partition coefficient (Wildman–Crippen LogP) is 3.14. The summed E-state index contributed by atoms with van der Waals surface area (Å²) in [7, 11) is 0. The van der Waals surface area contributed by atoms with Gasteiger partial charge in [0.25, 0.3) is 0 Å². The maximum Gasteiger partial charge on any atom is 0.225 e. The van der Waals surface area contributed by atoms with Crippen molar-refractivity contribution < 1.29 is 13.9 Å². The smallest absolute Gasteiger partial charge is 0.225 e. The highest BCUT2D eigenvalue weighted by Crippen LogP contribution is 2.25. The zero-order valence-corrected chi connectivity index (χ0v) is 17.4. The number of likely N-dealkylation sites (tertiary alicyclic amines) is 1. The standard InChI is InChI=1S/C23H26FN5O2/c24-18-3-4-21-26-13-20(29(21)15-18)22-25-8-5-19(27-22)12-16-2-1-9-28(14-16)23(30)17-6-10-31-11-7-17/h3-5,8,13,15-17H,1-2,6-7,9-12,14H2/t16-/m0/s1. The maximum atomic E-state index is 13.7. The highest BCUT2D eigenvalue weighted by Gasteiger charge is 2.30. The lowest BCUT2D eigenvalue weighted by Crippen LogP contribution is -2.44. The Labute approximate surface area is 180 Å². The van der Waals surface area contributed by atoms with Crippen LogP contribution in [0.15, 0.2) is 36.8 Å². The van der Waals surface area contributed by atoms with Gasteiger partial charge < -0.3 is 9.64 Å². The van der Waals surface area contributed by atoms with Gasteiger partial charge in [0.1, 0.15) is 17.2 Å². The number of imidazole rings is 1. The van der Waals surface area contributed by atoms with E-state index in [0.29, 0.717) is 36.3 Å². The van der Waals surface area contributed by atoms with E-state index in [4.69, 9.17) is 9.72 Å². The molecule has 5 rings (SSSR count). The van der Waals surface area contributed by atoms with Gasteiger partial charge in [-0.1, -0.05) is 0 Å². The van der Waals surface area contributed by atoms with Crippen LogP contribution in [0.3, 0.4) is 0 Å². The van der Waals surface area contributed by atoms with Gasteiger partial charge in [-0.3, -0.25) is 9.20 Å². The summed E-state index contributed by atoms with van der Waals surface area (Å²) in [4.78, 5) is 28.4. The molecular weight excluding hydrogens is 397 g/mol. The molecule has 2 aliphatic rings. The molecule has 0 N–H and O–H groups in total. The molecule has 0 aliphatic carbocycles. The minimum atomic E-state index is -0.334. The highest BCUT2D eigenvalue weighted by atomic mass is 19.1. The Morgan fingerprint density at radius 2 is 2.03 bits per heavy atom. The van der Waals surface area contributed by atoms with Crippen molar-refractivity contribution >= 4 is 11.6 Å². The van der Waals surface area contributed by atoms with Crippen LogP contribution in [-0.2, 0) is 16.0 Å². The van der Waals surface area contributed by atoms with Gasteiger partial charge in [0, 0.05) is 50.3 Å². The van der Waals surface area contributed by atoms with E-state index in [2.05, 4.69) is 9.97 Å². The van der Waals surface area contributed by atoms with Crippen molar-refractivity contribution in [3.8, 4) is 11.5 Å². The first-order valence-corrected chi connectivity index (χ1v) is 11.0.